The zero-order valence-electron chi connectivity index (χ0n) is 12.8. The standard InChI is InChI=1S/C17H16F3NO3/c1-11(10-22)24-16(23)14-7-2-3-8-15(14)21-13-6-4-5-12(9-13)17(18,19)20/h2-9,11,21-22H,10H2,1H3. The Morgan fingerprint density at radius 1 is 1.21 bits per heavy atom. The van der Waals surface area contributed by atoms with Crippen LogP contribution in [-0.4, -0.2) is 23.8 Å². The van der Waals surface area contributed by atoms with Gasteiger partial charge in [-0.05, 0) is 37.3 Å². The summed E-state index contributed by atoms with van der Waals surface area (Å²) in [6.07, 6.45) is -5.13. The number of benzene rings is 2. The summed E-state index contributed by atoms with van der Waals surface area (Å²) in [5.41, 5.74) is -0.121. The quantitative estimate of drug-likeness (QED) is 0.809. The first-order chi connectivity index (χ1) is 11.3. The minimum atomic E-state index is -4.45. The van der Waals surface area contributed by atoms with Gasteiger partial charge in [-0.2, -0.15) is 13.2 Å². The van der Waals surface area contributed by atoms with Crippen molar-refractivity contribution in [3.63, 3.8) is 0 Å². The number of carbonyl (C=O) groups is 1. The van der Waals surface area contributed by atoms with Crippen LogP contribution in [0.25, 0.3) is 0 Å². The number of ether oxygens (including phenoxy) is 1. The Morgan fingerprint density at radius 2 is 1.92 bits per heavy atom. The van der Waals surface area contributed by atoms with Gasteiger partial charge in [0, 0.05) is 5.69 Å². The molecule has 0 aliphatic heterocycles. The van der Waals surface area contributed by atoms with Gasteiger partial charge in [-0.15, -0.1) is 0 Å². The minimum Gasteiger partial charge on any atom is -0.457 e. The van der Waals surface area contributed by atoms with E-state index in [1.165, 1.54) is 25.1 Å². The summed E-state index contributed by atoms with van der Waals surface area (Å²) >= 11 is 0. The lowest BCUT2D eigenvalue weighted by atomic mass is 10.1. The van der Waals surface area contributed by atoms with Gasteiger partial charge in [0.25, 0.3) is 0 Å². The number of hydrogen-bond acceptors (Lipinski definition) is 4. The average Bonchev–Trinajstić information content (AvgIpc) is 2.54. The van der Waals surface area contributed by atoms with Crippen LogP contribution in [0.2, 0.25) is 0 Å². The molecule has 0 heterocycles. The van der Waals surface area contributed by atoms with E-state index >= 15 is 0 Å². The summed E-state index contributed by atoms with van der Waals surface area (Å²) in [6, 6.07) is 11.0. The van der Waals surface area contributed by atoms with Crippen molar-refractivity contribution in [2.24, 2.45) is 0 Å². The fraction of sp³-hybridized carbons (Fsp3) is 0.235. The number of alkyl halides is 3. The van der Waals surface area contributed by atoms with Crippen LogP contribution < -0.4 is 5.32 Å². The molecule has 2 N–H and O–H groups in total. The van der Waals surface area contributed by atoms with Gasteiger partial charge in [0.15, 0.2) is 0 Å². The van der Waals surface area contributed by atoms with Crippen LogP contribution in [0.15, 0.2) is 48.5 Å². The minimum absolute atomic E-state index is 0.162. The van der Waals surface area contributed by atoms with Crippen molar-refractivity contribution in [1.82, 2.24) is 0 Å². The number of esters is 1. The lowest BCUT2D eigenvalue weighted by molar-refractivity contribution is -0.137. The molecule has 24 heavy (non-hydrogen) atoms. The van der Waals surface area contributed by atoms with E-state index in [0.717, 1.165) is 12.1 Å². The van der Waals surface area contributed by atoms with Gasteiger partial charge < -0.3 is 15.2 Å². The molecule has 0 aliphatic rings. The Balaban J connectivity index is 2.26. The lowest BCUT2D eigenvalue weighted by Crippen LogP contribution is -2.19. The molecule has 0 aromatic heterocycles. The van der Waals surface area contributed by atoms with Crippen LogP contribution in [0, 0.1) is 0 Å². The van der Waals surface area contributed by atoms with E-state index in [1.54, 1.807) is 18.2 Å². The van der Waals surface area contributed by atoms with Crippen LogP contribution in [0.4, 0.5) is 24.5 Å². The van der Waals surface area contributed by atoms with E-state index in [9.17, 15) is 18.0 Å². The highest BCUT2D eigenvalue weighted by atomic mass is 19.4. The predicted molar refractivity (Wildman–Crippen MR) is 83.1 cm³/mol. The van der Waals surface area contributed by atoms with E-state index in [2.05, 4.69) is 5.32 Å². The summed E-state index contributed by atoms with van der Waals surface area (Å²) in [7, 11) is 0. The molecule has 0 amide bonds. The van der Waals surface area contributed by atoms with Crippen LogP contribution >= 0.6 is 0 Å². The number of aliphatic hydroxyl groups excluding tert-OH is 1. The van der Waals surface area contributed by atoms with Crippen molar-refractivity contribution in [1.29, 1.82) is 0 Å². The van der Waals surface area contributed by atoms with Crippen molar-refractivity contribution in [2.45, 2.75) is 19.2 Å². The fourth-order valence-corrected chi connectivity index (χ4v) is 1.98. The van der Waals surface area contributed by atoms with Crippen molar-refractivity contribution in [2.75, 3.05) is 11.9 Å². The summed E-state index contributed by atoms with van der Waals surface area (Å²) in [4.78, 5) is 12.1. The molecule has 0 saturated carbocycles. The van der Waals surface area contributed by atoms with Gasteiger partial charge in [-0.3, -0.25) is 0 Å². The fourth-order valence-electron chi connectivity index (χ4n) is 1.98. The monoisotopic (exact) mass is 339 g/mol. The molecule has 0 radical (unpaired) electrons. The molecule has 0 saturated heterocycles. The van der Waals surface area contributed by atoms with E-state index < -0.39 is 23.8 Å². The van der Waals surface area contributed by atoms with Crippen LogP contribution in [0.5, 0.6) is 0 Å². The second kappa shape index (κ2) is 7.35. The van der Waals surface area contributed by atoms with Crippen molar-refractivity contribution in [3.05, 3.63) is 59.7 Å². The SMILES string of the molecule is CC(CO)OC(=O)c1ccccc1Nc1cccc(C(F)(F)F)c1. The molecule has 2 rings (SSSR count). The summed E-state index contributed by atoms with van der Waals surface area (Å²) in [5, 5.41) is 11.7. The molecule has 4 nitrogen and oxygen atoms in total. The lowest BCUT2D eigenvalue weighted by Gasteiger charge is -2.15. The van der Waals surface area contributed by atoms with E-state index in [0.29, 0.717) is 5.69 Å². The van der Waals surface area contributed by atoms with Gasteiger partial charge in [-0.1, -0.05) is 18.2 Å². The first-order valence-electron chi connectivity index (χ1n) is 7.16. The number of halogens is 3. The Morgan fingerprint density at radius 3 is 2.58 bits per heavy atom. The Hall–Kier alpha value is -2.54. The topological polar surface area (TPSA) is 58.6 Å². The number of aliphatic hydroxyl groups is 1. The van der Waals surface area contributed by atoms with Crippen LogP contribution in [0.1, 0.15) is 22.8 Å². The molecule has 0 fully saturated rings. The predicted octanol–water partition coefficient (Wildman–Crippen LogP) is 3.99. The molecule has 0 aliphatic carbocycles. The molecule has 128 valence electrons. The Kier molecular flexibility index (Phi) is 5.46. The molecule has 2 aromatic carbocycles. The Labute approximate surface area is 136 Å². The maximum absolute atomic E-state index is 12.8. The van der Waals surface area contributed by atoms with Crippen LogP contribution in [0.3, 0.4) is 0 Å². The number of nitrogens with one attached hydrogen (secondary N) is 1. The van der Waals surface area contributed by atoms with Gasteiger partial charge in [0.2, 0.25) is 0 Å². The average molecular weight is 339 g/mol. The normalized spacial score (nSPS) is 12.5. The number of hydrogen-bond donors (Lipinski definition) is 2. The largest absolute Gasteiger partial charge is 0.457 e. The molecular weight excluding hydrogens is 323 g/mol. The van der Waals surface area contributed by atoms with Gasteiger partial charge >= 0.3 is 12.1 Å². The van der Waals surface area contributed by atoms with Crippen molar-refractivity contribution in [3.8, 4) is 0 Å². The summed E-state index contributed by atoms with van der Waals surface area (Å²) in [6.45, 7) is 1.20. The first-order valence-corrected chi connectivity index (χ1v) is 7.16. The molecule has 0 bridgehead atoms. The summed E-state index contributed by atoms with van der Waals surface area (Å²) < 4.78 is 43.3. The maximum atomic E-state index is 12.8. The highest BCUT2D eigenvalue weighted by Gasteiger charge is 2.30. The third-order valence-corrected chi connectivity index (χ3v) is 3.18. The maximum Gasteiger partial charge on any atom is 0.416 e. The van der Waals surface area contributed by atoms with E-state index in [-0.39, 0.29) is 17.9 Å². The number of anilines is 2. The van der Waals surface area contributed by atoms with Crippen LogP contribution in [-0.2, 0) is 10.9 Å². The van der Waals surface area contributed by atoms with E-state index in [4.69, 9.17) is 9.84 Å². The Bertz CT molecular complexity index is 716. The molecule has 1 atom stereocenters. The third kappa shape index (κ3) is 4.48. The van der Waals surface area contributed by atoms with Crippen molar-refractivity contribution >= 4 is 17.3 Å². The molecule has 1 unspecified atom stereocenters. The highest BCUT2D eigenvalue weighted by Crippen LogP contribution is 2.32. The van der Waals surface area contributed by atoms with Gasteiger partial charge in [0.05, 0.1) is 23.4 Å². The zero-order valence-corrected chi connectivity index (χ0v) is 12.8. The number of rotatable bonds is 5. The zero-order chi connectivity index (χ0) is 17.7. The molecule has 7 heteroatoms. The molecule has 0 spiro atoms. The van der Waals surface area contributed by atoms with Gasteiger partial charge in [-0.25, -0.2) is 4.79 Å². The molecule has 2 aromatic rings. The number of carbonyl (C=O) groups excluding carboxylic acids is 1. The van der Waals surface area contributed by atoms with E-state index in [1.807, 2.05) is 0 Å². The summed E-state index contributed by atoms with van der Waals surface area (Å²) in [5.74, 6) is -0.674. The number of para-hydroxylation sites is 1. The molecular formula is C17H16F3NO3. The second-order valence-corrected chi connectivity index (χ2v) is 5.15. The second-order valence-electron chi connectivity index (χ2n) is 5.15. The third-order valence-electron chi connectivity index (χ3n) is 3.18. The smallest absolute Gasteiger partial charge is 0.416 e. The van der Waals surface area contributed by atoms with Gasteiger partial charge in [0.1, 0.15) is 6.10 Å². The first kappa shape index (κ1) is 17.8. The highest BCUT2D eigenvalue weighted by molar-refractivity contribution is 5.96. The van der Waals surface area contributed by atoms with Crippen molar-refractivity contribution < 1.29 is 27.8 Å².